The van der Waals surface area contributed by atoms with Crippen molar-refractivity contribution in [2.75, 3.05) is 0 Å². The summed E-state index contributed by atoms with van der Waals surface area (Å²) in [6.07, 6.45) is -0.377. The van der Waals surface area contributed by atoms with Crippen molar-refractivity contribution in [2.24, 2.45) is 0 Å². The van der Waals surface area contributed by atoms with Crippen molar-refractivity contribution in [1.82, 2.24) is 10.5 Å². The quantitative estimate of drug-likeness (QED) is 0.933. The summed E-state index contributed by atoms with van der Waals surface area (Å²) >= 11 is 0. The van der Waals surface area contributed by atoms with Gasteiger partial charge in [0.15, 0.2) is 0 Å². The summed E-state index contributed by atoms with van der Waals surface area (Å²) in [6, 6.07) is 8.86. The maximum absolute atomic E-state index is 12.1. The zero-order chi connectivity index (χ0) is 16.3. The maximum atomic E-state index is 12.1. The minimum Gasteiger partial charge on any atom is -0.438 e. The lowest BCUT2D eigenvalue weighted by Crippen LogP contribution is -2.17. The molecule has 2 heterocycles. The first kappa shape index (κ1) is 15.2. The van der Waals surface area contributed by atoms with Crippen LogP contribution in [0.1, 0.15) is 11.7 Å². The van der Waals surface area contributed by atoms with Crippen molar-refractivity contribution in [1.29, 1.82) is 0 Å². The molecule has 5 nitrogen and oxygen atoms in total. The van der Waals surface area contributed by atoms with Gasteiger partial charge in [-0.15, -0.1) is 13.2 Å². The van der Waals surface area contributed by atoms with Crippen LogP contribution in [0.25, 0.3) is 0 Å². The second-order valence-corrected chi connectivity index (χ2v) is 4.58. The molecular weight excluding hydrogens is 313 g/mol. The summed E-state index contributed by atoms with van der Waals surface area (Å²) in [4.78, 5) is 9.23. The molecule has 1 atom stereocenters. The molecule has 1 unspecified atom stereocenters. The Bertz CT molecular complexity index is 687. The summed E-state index contributed by atoms with van der Waals surface area (Å²) in [7, 11) is 0. The Morgan fingerprint density at radius 3 is 2.52 bits per heavy atom. The van der Waals surface area contributed by atoms with Crippen LogP contribution in [-0.4, -0.2) is 11.3 Å². The lowest BCUT2D eigenvalue weighted by molar-refractivity contribution is -0.274. The van der Waals surface area contributed by atoms with Crippen LogP contribution in [0, 0.1) is 0 Å². The number of ether oxygens (including phenoxy) is 2. The fourth-order valence-electron chi connectivity index (χ4n) is 1.94. The predicted octanol–water partition coefficient (Wildman–Crippen LogP) is 3.48. The van der Waals surface area contributed by atoms with Crippen LogP contribution >= 0.6 is 0 Å². The molecule has 0 aliphatic carbocycles. The lowest BCUT2D eigenvalue weighted by Gasteiger charge is -2.11. The van der Waals surface area contributed by atoms with E-state index in [2.05, 4.69) is 15.2 Å². The van der Waals surface area contributed by atoms with E-state index in [1.54, 1.807) is 30.6 Å². The first-order chi connectivity index (χ1) is 11.0. The summed E-state index contributed by atoms with van der Waals surface area (Å²) in [5.74, 6) is 0.617. The minimum atomic E-state index is -4.71. The fraction of sp³-hybridized carbons (Fsp3) is 0.133. The van der Waals surface area contributed by atoms with E-state index < -0.39 is 12.5 Å². The van der Waals surface area contributed by atoms with Crippen molar-refractivity contribution in [3.8, 4) is 11.5 Å². The smallest absolute Gasteiger partial charge is 0.438 e. The summed E-state index contributed by atoms with van der Waals surface area (Å²) in [5, 5.41) is 0. The largest absolute Gasteiger partial charge is 0.573 e. The Kier molecular flexibility index (Phi) is 4.07. The molecule has 2 aromatic rings. The average molecular weight is 324 g/mol. The number of halogens is 3. The molecule has 0 amide bonds. The molecule has 0 bridgehead atoms. The number of hydroxylamine groups is 1. The van der Waals surface area contributed by atoms with Gasteiger partial charge in [-0.2, -0.15) is 0 Å². The minimum absolute atomic E-state index is 0.289. The molecule has 0 radical (unpaired) electrons. The molecule has 0 saturated carbocycles. The topological polar surface area (TPSA) is 52.6 Å². The van der Waals surface area contributed by atoms with Crippen molar-refractivity contribution in [3.05, 3.63) is 66.3 Å². The Labute approximate surface area is 129 Å². The average Bonchev–Trinajstić information content (AvgIpc) is 2.96. The predicted molar refractivity (Wildman–Crippen MR) is 73.0 cm³/mol. The Hall–Kier alpha value is -2.74. The van der Waals surface area contributed by atoms with Gasteiger partial charge in [-0.3, -0.25) is 9.82 Å². The van der Waals surface area contributed by atoms with Crippen molar-refractivity contribution in [2.45, 2.75) is 12.5 Å². The summed E-state index contributed by atoms with van der Waals surface area (Å²) in [5.41, 5.74) is 3.26. The second-order valence-electron chi connectivity index (χ2n) is 4.58. The van der Waals surface area contributed by atoms with Crippen molar-refractivity contribution < 1.29 is 27.5 Å². The van der Waals surface area contributed by atoms with Gasteiger partial charge in [-0.1, -0.05) is 12.1 Å². The highest BCUT2D eigenvalue weighted by Crippen LogP contribution is 2.28. The van der Waals surface area contributed by atoms with Crippen LogP contribution < -0.4 is 15.0 Å². The monoisotopic (exact) mass is 324 g/mol. The number of nitrogens with one attached hydrogen (secondary N) is 1. The summed E-state index contributed by atoms with van der Waals surface area (Å²) < 4.78 is 45.7. The zero-order valence-corrected chi connectivity index (χ0v) is 11.6. The molecular formula is C15H11F3N2O3. The third-order valence-corrected chi connectivity index (χ3v) is 2.89. The van der Waals surface area contributed by atoms with Gasteiger partial charge >= 0.3 is 6.36 Å². The highest BCUT2D eigenvalue weighted by Gasteiger charge is 2.31. The van der Waals surface area contributed by atoms with Gasteiger partial charge in [0.05, 0.1) is 6.20 Å². The lowest BCUT2D eigenvalue weighted by atomic mass is 10.1. The highest BCUT2D eigenvalue weighted by atomic mass is 19.4. The molecule has 3 rings (SSSR count). The molecule has 1 N–H and O–H groups in total. The number of hydrogen-bond acceptors (Lipinski definition) is 5. The zero-order valence-electron chi connectivity index (χ0n) is 11.6. The standard InChI is InChI=1S/C15H11F3N2O3/c16-15(17,18)22-11-5-3-10(4-6-11)13-8-14(20-23-13)21-12-2-1-7-19-9-12/h1-9,13,20H. The summed E-state index contributed by atoms with van der Waals surface area (Å²) in [6.45, 7) is 0. The molecule has 0 fully saturated rings. The molecule has 1 aliphatic heterocycles. The van der Waals surface area contributed by atoms with E-state index in [0.717, 1.165) is 0 Å². The van der Waals surface area contributed by atoms with Crippen molar-refractivity contribution >= 4 is 0 Å². The highest BCUT2D eigenvalue weighted by molar-refractivity contribution is 5.31. The van der Waals surface area contributed by atoms with Crippen LogP contribution in [0.3, 0.4) is 0 Å². The molecule has 1 aliphatic rings. The maximum Gasteiger partial charge on any atom is 0.573 e. The van der Waals surface area contributed by atoms with E-state index in [4.69, 9.17) is 9.57 Å². The molecule has 23 heavy (non-hydrogen) atoms. The second kappa shape index (κ2) is 6.17. The molecule has 0 saturated heterocycles. The number of rotatable bonds is 4. The Morgan fingerprint density at radius 2 is 1.87 bits per heavy atom. The van der Waals surface area contributed by atoms with E-state index in [1.165, 1.54) is 24.3 Å². The molecule has 1 aromatic carbocycles. The van der Waals surface area contributed by atoms with Gasteiger partial charge in [0.25, 0.3) is 0 Å². The van der Waals surface area contributed by atoms with Crippen LogP contribution in [-0.2, 0) is 4.84 Å². The number of aromatic nitrogens is 1. The van der Waals surface area contributed by atoms with Gasteiger partial charge in [0.2, 0.25) is 5.88 Å². The third kappa shape index (κ3) is 4.13. The SMILES string of the molecule is FC(F)(F)Oc1ccc(C2C=C(Oc3cccnc3)NO2)cc1. The Balaban J connectivity index is 1.66. The van der Waals surface area contributed by atoms with Crippen molar-refractivity contribution in [3.63, 3.8) is 0 Å². The van der Waals surface area contributed by atoms with Gasteiger partial charge < -0.3 is 9.47 Å². The van der Waals surface area contributed by atoms with E-state index in [-0.39, 0.29) is 5.75 Å². The van der Waals surface area contributed by atoms with Gasteiger partial charge in [0.1, 0.15) is 17.6 Å². The number of pyridine rings is 1. The molecule has 1 aromatic heterocycles. The number of hydrogen-bond donors (Lipinski definition) is 1. The third-order valence-electron chi connectivity index (χ3n) is 2.89. The van der Waals surface area contributed by atoms with E-state index in [1.807, 2.05) is 0 Å². The molecule has 0 spiro atoms. The van der Waals surface area contributed by atoms with Crippen LogP contribution in [0.2, 0.25) is 0 Å². The normalized spacial score (nSPS) is 17.3. The van der Waals surface area contributed by atoms with E-state index in [9.17, 15) is 13.2 Å². The van der Waals surface area contributed by atoms with Crippen LogP contribution in [0.5, 0.6) is 11.5 Å². The van der Waals surface area contributed by atoms with Gasteiger partial charge in [-0.05, 0) is 29.8 Å². The van der Waals surface area contributed by atoms with Crippen LogP contribution in [0.4, 0.5) is 13.2 Å². The number of benzene rings is 1. The molecule has 120 valence electrons. The van der Waals surface area contributed by atoms with E-state index >= 15 is 0 Å². The fourth-order valence-corrected chi connectivity index (χ4v) is 1.94. The van der Waals surface area contributed by atoms with Gasteiger partial charge in [-0.25, -0.2) is 5.48 Å². The molecule has 8 heteroatoms. The number of nitrogens with zero attached hydrogens (tertiary/aromatic N) is 1. The first-order valence-corrected chi connectivity index (χ1v) is 6.57. The number of alkyl halides is 3. The Morgan fingerprint density at radius 1 is 1.09 bits per heavy atom. The van der Waals surface area contributed by atoms with Gasteiger partial charge in [0, 0.05) is 12.3 Å². The van der Waals surface area contributed by atoms with E-state index in [0.29, 0.717) is 17.2 Å². The first-order valence-electron chi connectivity index (χ1n) is 6.57. The van der Waals surface area contributed by atoms with Crippen LogP contribution in [0.15, 0.2) is 60.8 Å².